The van der Waals surface area contributed by atoms with Gasteiger partial charge in [-0.3, -0.25) is 4.40 Å². The molecule has 0 unspecified atom stereocenters. The molecule has 22 heavy (non-hydrogen) atoms. The highest BCUT2D eigenvalue weighted by Gasteiger charge is 2.30. The van der Waals surface area contributed by atoms with Gasteiger partial charge in [-0.1, -0.05) is 12.1 Å². The van der Waals surface area contributed by atoms with Gasteiger partial charge >= 0.3 is 6.18 Å². The molecular formula is C15H7F4N3. The van der Waals surface area contributed by atoms with Crippen LogP contribution < -0.4 is 0 Å². The average Bonchev–Trinajstić information content (AvgIpc) is 2.87. The average molecular weight is 305 g/mol. The molecule has 3 aromatic rings. The van der Waals surface area contributed by atoms with E-state index in [0.29, 0.717) is 11.1 Å². The van der Waals surface area contributed by atoms with Gasteiger partial charge in [0, 0.05) is 11.8 Å². The Kier molecular flexibility index (Phi) is 3.10. The van der Waals surface area contributed by atoms with Crippen molar-refractivity contribution >= 4 is 5.52 Å². The van der Waals surface area contributed by atoms with Gasteiger partial charge in [0.15, 0.2) is 11.6 Å². The highest BCUT2D eigenvalue weighted by molar-refractivity contribution is 5.77. The van der Waals surface area contributed by atoms with E-state index in [1.165, 1.54) is 30.5 Å². The summed E-state index contributed by atoms with van der Waals surface area (Å²) in [4.78, 5) is 4.06. The van der Waals surface area contributed by atoms with Crippen molar-refractivity contribution in [1.29, 1.82) is 5.26 Å². The third-order valence-corrected chi connectivity index (χ3v) is 3.19. The van der Waals surface area contributed by atoms with Crippen molar-refractivity contribution in [3.63, 3.8) is 0 Å². The molecule has 3 nitrogen and oxygen atoms in total. The molecular weight excluding hydrogens is 298 g/mol. The maximum Gasteiger partial charge on any atom is 0.416 e. The van der Waals surface area contributed by atoms with Crippen molar-refractivity contribution in [3.05, 3.63) is 59.8 Å². The fourth-order valence-electron chi connectivity index (χ4n) is 2.16. The predicted octanol–water partition coefficient (Wildman–Crippen LogP) is 4.03. The maximum absolute atomic E-state index is 13.7. The molecule has 0 amide bonds. The predicted molar refractivity (Wildman–Crippen MR) is 70.3 cm³/mol. The van der Waals surface area contributed by atoms with E-state index in [1.54, 1.807) is 6.07 Å². The Morgan fingerprint density at radius 3 is 2.32 bits per heavy atom. The van der Waals surface area contributed by atoms with E-state index in [1.807, 2.05) is 0 Å². The van der Waals surface area contributed by atoms with E-state index in [4.69, 9.17) is 5.26 Å². The number of nitrogens with zero attached hydrogens (tertiary/aromatic N) is 3. The van der Waals surface area contributed by atoms with Crippen LogP contribution in [0.1, 0.15) is 11.3 Å². The molecule has 2 heterocycles. The molecule has 1 aromatic carbocycles. The second-order valence-corrected chi connectivity index (χ2v) is 4.57. The Hall–Kier alpha value is -2.88. The first-order valence-electron chi connectivity index (χ1n) is 6.15. The highest BCUT2D eigenvalue weighted by atomic mass is 19.4. The normalized spacial score (nSPS) is 11.6. The number of hydrogen-bond acceptors (Lipinski definition) is 2. The van der Waals surface area contributed by atoms with Gasteiger partial charge < -0.3 is 0 Å². The fourth-order valence-corrected chi connectivity index (χ4v) is 2.16. The van der Waals surface area contributed by atoms with E-state index in [-0.39, 0.29) is 11.4 Å². The largest absolute Gasteiger partial charge is 0.416 e. The van der Waals surface area contributed by atoms with Crippen molar-refractivity contribution in [2.24, 2.45) is 0 Å². The van der Waals surface area contributed by atoms with Gasteiger partial charge in [0.1, 0.15) is 6.07 Å². The Bertz CT molecular complexity index is 886. The van der Waals surface area contributed by atoms with Gasteiger partial charge in [0.05, 0.1) is 16.8 Å². The van der Waals surface area contributed by atoms with Crippen LogP contribution in [-0.4, -0.2) is 9.38 Å². The standard InChI is InChI=1S/C15H7F4N3/c16-13-6-5-12-14(21-11(7-20)8-22(12)13)9-1-3-10(4-2-9)15(17,18)19/h1-6,8H. The minimum Gasteiger partial charge on any atom is -0.289 e. The SMILES string of the molecule is N#Cc1cn2c(F)ccc2c(-c2ccc(C(F)(F)F)cc2)n1. The van der Waals surface area contributed by atoms with E-state index < -0.39 is 17.7 Å². The number of aromatic nitrogens is 2. The van der Waals surface area contributed by atoms with Crippen molar-refractivity contribution in [3.8, 4) is 17.3 Å². The molecule has 0 aliphatic carbocycles. The first kappa shape index (κ1) is 14.1. The summed E-state index contributed by atoms with van der Waals surface area (Å²) in [6.07, 6.45) is -3.20. The van der Waals surface area contributed by atoms with Crippen LogP contribution in [0, 0.1) is 17.3 Å². The maximum atomic E-state index is 13.7. The second-order valence-electron chi connectivity index (χ2n) is 4.57. The first-order chi connectivity index (χ1) is 10.4. The molecule has 110 valence electrons. The van der Waals surface area contributed by atoms with Gasteiger partial charge in [0.2, 0.25) is 0 Å². The smallest absolute Gasteiger partial charge is 0.289 e. The molecule has 0 atom stereocenters. The zero-order chi connectivity index (χ0) is 15.9. The Morgan fingerprint density at radius 1 is 1.05 bits per heavy atom. The molecule has 3 rings (SSSR count). The number of alkyl halides is 3. The van der Waals surface area contributed by atoms with Crippen LogP contribution in [0.3, 0.4) is 0 Å². The van der Waals surface area contributed by atoms with Crippen LogP contribution in [0.4, 0.5) is 17.6 Å². The lowest BCUT2D eigenvalue weighted by molar-refractivity contribution is -0.137. The number of rotatable bonds is 1. The third kappa shape index (κ3) is 2.29. The van der Waals surface area contributed by atoms with Gasteiger partial charge in [-0.25, -0.2) is 4.98 Å². The lowest BCUT2D eigenvalue weighted by Crippen LogP contribution is -2.04. The monoisotopic (exact) mass is 305 g/mol. The topological polar surface area (TPSA) is 41.1 Å². The molecule has 0 N–H and O–H groups in total. The summed E-state index contributed by atoms with van der Waals surface area (Å²) in [7, 11) is 0. The minimum atomic E-state index is -4.43. The van der Waals surface area contributed by atoms with E-state index in [9.17, 15) is 17.6 Å². The quantitative estimate of drug-likeness (QED) is 0.637. The second kappa shape index (κ2) is 4.84. The van der Waals surface area contributed by atoms with Crippen LogP contribution in [0.15, 0.2) is 42.6 Å². The number of nitriles is 1. The summed E-state index contributed by atoms with van der Waals surface area (Å²) in [5, 5.41) is 8.95. The van der Waals surface area contributed by atoms with Gasteiger partial charge in [-0.05, 0) is 24.3 Å². The van der Waals surface area contributed by atoms with Crippen LogP contribution in [0.5, 0.6) is 0 Å². The molecule has 0 aliphatic heterocycles. The Balaban J connectivity index is 2.20. The number of halogens is 4. The van der Waals surface area contributed by atoms with Gasteiger partial charge in [0.25, 0.3) is 0 Å². The van der Waals surface area contributed by atoms with E-state index in [2.05, 4.69) is 4.98 Å². The highest BCUT2D eigenvalue weighted by Crippen LogP contribution is 2.31. The lowest BCUT2D eigenvalue weighted by atomic mass is 10.1. The molecule has 0 aliphatic rings. The van der Waals surface area contributed by atoms with Gasteiger partial charge in [-0.15, -0.1) is 0 Å². The summed E-state index contributed by atoms with van der Waals surface area (Å²) in [6, 6.07) is 8.80. The van der Waals surface area contributed by atoms with E-state index in [0.717, 1.165) is 16.5 Å². The fraction of sp³-hybridized carbons (Fsp3) is 0.0667. The third-order valence-electron chi connectivity index (χ3n) is 3.19. The van der Waals surface area contributed by atoms with Crippen molar-refractivity contribution < 1.29 is 17.6 Å². The molecule has 0 saturated heterocycles. The zero-order valence-electron chi connectivity index (χ0n) is 10.9. The summed E-state index contributed by atoms with van der Waals surface area (Å²) in [5.41, 5.74) is 0.170. The summed E-state index contributed by atoms with van der Waals surface area (Å²) >= 11 is 0. The van der Waals surface area contributed by atoms with Crippen LogP contribution in [-0.2, 0) is 6.18 Å². The van der Waals surface area contributed by atoms with Crippen molar-refractivity contribution in [2.75, 3.05) is 0 Å². The Morgan fingerprint density at radius 2 is 1.73 bits per heavy atom. The van der Waals surface area contributed by atoms with Crippen LogP contribution >= 0.6 is 0 Å². The number of benzene rings is 1. The summed E-state index contributed by atoms with van der Waals surface area (Å²) < 4.78 is 52.5. The number of hydrogen-bond donors (Lipinski definition) is 0. The van der Waals surface area contributed by atoms with E-state index >= 15 is 0 Å². The molecule has 2 aromatic heterocycles. The zero-order valence-corrected chi connectivity index (χ0v) is 10.9. The molecule has 0 radical (unpaired) electrons. The van der Waals surface area contributed by atoms with Crippen LogP contribution in [0.2, 0.25) is 0 Å². The number of fused-ring (bicyclic) bond motifs is 1. The molecule has 0 spiro atoms. The van der Waals surface area contributed by atoms with Crippen LogP contribution in [0.25, 0.3) is 16.8 Å². The molecule has 7 heteroatoms. The molecule has 0 fully saturated rings. The Labute approximate surface area is 122 Å². The van der Waals surface area contributed by atoms with Crippen molar-refractivity contribution in [2.45, 2.75) is 6.18 Å². The minimum absolute atomic E-state index is 0.0301. The van der Waals surface area contributed by atoms with Crippen molar-refractivity contribution in [1.82, 2.24) is 9.38 Å². The summed E-state index contributed by atoms with van der Waals surface area (Å²) in [5.74, 6) is -0.581. The van der Waals surface area contributed by atoms with Gasteiger partial charge in [-0.2, -0.15) is 22.8 Å². The first-order valence-corrected chi connectivity index (χ1v) is 6.15. The molecule has 0 saturated carbocycles. The summed E-state index contributed by atoms with van der Waals surface area (Å²) in [6.45, 7) is 0. The molecule has 0 bridgehead atoms. The lowest BCUT2D eigenvalue weighted by Gasteiger charge is -2.09.